The highest BCUT2D eigenvalue weighted by Crippen LogP contribution is 2.14. The first-order valence-electron chi connectivity index (χ1n) is 7.02. The second-order valence-electron chi connectivity index (χ2n) is 4.92. The number of para-hydroxylation sites is 1. The van der Waals surface area contributed by atoms with Crippen LogP contribution in [0.25, 0.3) is 5.69 Å². The first-order chi connectivity index (χ1) is 9.93. The van der Waals surface area contributed by atoms with E-state index in [2.05, 4.69) is 34.7 Å². The second-order valence-corrected chi connectivity index (χ2v) is 4.92. The Balaban J connectivity index is 1.61. The van der Waals surface area contributed by atoms with Crippen LogP contribution in [0.15, 0.2) is 55.1 Å². The van der Waals surface area contributed by atoms with E-state index in [0.29, 0.717) is 0 Å². The zero-order valence-corrected chi connectivity index (χ0v) is 11.4. The molecule has 1 aromatic carbocycles. The standard InChI is InChI=1S/C16H19N3O/c1-2-8-16(19-10-5-9-18-19)14(6-1)12-17-13-15-7-3-4-11-20-15/h1-2,4-6,8-11,15,17H,3,7,12-13H2. The Hall–Kier alpha value is -2.07. The monoisotopic (exact) mass is 269 g/mol. The average molecular weight is 269 g/mol. The normalized spacial score (nSPS) is 17.9. The number of hydrogen-bond acceptors (Lipinski definition) is 3. The zero-order valence-electron chi connectivity index (χ0n) is 11.4. The molecule has 104 valence electrons. The van der Waals surface area contributed by atoms with Gasteiger partial charge in [0.25, 0.3) is 0 Å². The van der Waals surface area contributed by atoms with E-state index in [4.69, 9.17) is 4.74 Å². The van der Waals surface area contributed by atoms with Crippen molar-refractivity contribution in [3.05, 3.63) is 60.6 Å². The van der Waals surface area contributed by atoms with Gasteiger partial charge in [-0.25, -0.2) is 4.68 Å². The van der Waals surface area contributed by atoms with Crippen LogP contribution in [0.1, 0.15) is 18.4 Å². The summed E-state index contributed by atoms with van der Waals surface area (Å²) in [5.74, 6) is 0. The maximum absolute atomic E-state index is 5.56. The van der Waals surface area contributed by atoms with Crippen molar-refractivity contribution in [2.24, 2.45) is 0 Å². The third kappa shape index (κ3) is 3.08. The van der Waals surface area contributed by atoms with Gasteiger partial charge >= 0.3 is 0 Å². The van der Waals surface area contributed by atoms with Gasteiger partial charge in [-0.3, -0.25) is 0 Å². The van der Waals surface area contributed by atoms with Crippen LogP contribution < -0.4 is 5.32 Å². The van der Waals surface area contributed by atoms with Crippen LogP contribution in [0.4, 0.5) is 0 Å². The molecule has 0 aliphatic carbocycles. The minimum atomic E-state index is 0.289. The molecule has 20 heavy (non-hydrogen) atoms. The van der Waals surface area contributed by atoms with Gasteiger partial charge in [-0.2, -0.15) is 5.10 Å². The Morgan fingerprint density at radius 2 is 2.25 bits per heavy atom. The number of allylic oxidation sites excluding steroid dienone is 1. The van der Waals surface area contributed by atoms with E-state index in [1.165, 1.54) is 5.56 Å². The summed E-state index contributed by atoms with van der Waals surface area (Å²) in [6, 6.07) is 10.3. The van der Waals surface area contributed by atoms with Gasteiger partial charge in [0.2, 0.25) is 0 Å². The molecule has 0 radical (unpaired) electrons. The molecule has 1 aliphatic heterocycles. The van der Waals surface area contributed by atoms with Crippen molar-refractivity contribution in [1.29, 1.82) is 0 Å². The van der Waals surface area contributed by atoms with Gasteiger partial charge in [0.15, 0.2) is 0 Å². The summed E-state index contributed by atoms with van der Waals surface area (Å²) in [6.45, 7) is 1.69. The molecule has 1 N–H and O–H groups in total. The third-order valence-corrected chi connectivity index (χ3v) is 3.45. The van der Waals surface area contributed by atoms with Gasteiger partial charge in [-0.05, 0) is 36.6 Å². The molecule has 0 saturated heterocycles. The SMILES string of the molecule is C1=COC(CNCc2ccccc2-n2cccn2)CC1. The van der Waals surface area contributed by atoms with E-state index >= 15 is 0 Å². The minimum Gasteiger partial charge on any atom is -0.497 e. The molecule has 0 bridgehead atoms. The summed E-state index contributed by atoms with van der Waals surface area (Å²) in [6.07, 6.45) is 10.1. The number of hydrogen-bond donors (Lipinski definition) is 1. The van der Waals surface area contributed by atoms with Gasteiger partial charge in [0, 0.05) is 25.5 Å². The number of nitrogens with one attached hydrogen (secondary N) is 1. The Morgan fingerprint density at radius 1 is 1.30 bits per heavy atom. The molecule has 1 atom stereocenters. The van der Waals surface area contributed by atoms with Crippen LogP contribution in [-0.4, -0.2) is 22.4 Å². The smallest absolute Gasteiger partial charge is 0.110 e. The summed E-state index contributed by atoms with van der Waals surface area (Å²) in [5, 5.41) is 7.77. The molecule has 0 amide bonds. The van der Waals surface area contributed by atoms with Crippen molar-refractivity contribution in [3.63, 3.8) is 0 Å². The number of benzene rings is 1. The van der Waals surface area contributed by atoms with Crippen molar-refractivity contribution < 1.29 is 4.74 Å². The van der Waals surface area contributed by atoms with Gasteiger partial charge in [0.1, 0.15) is 6.10 Å². The van der Waals surface area contributed by atoms with Crippen molar-refractivity contribution in [2.75, 3.05) is 6.54 Å². The van der Waals surface area contributed by atoms with Crippen LogP contribution in [0, 0.1) is 0 Å². The molecule has 4 nitrogen and oxygen atoms in total. The summed E-state index contributed by atoms with van der Waals surface area (Å²) < 4.78 is 7.46. The lowest BCUT2D eigenvalue weighted by Gasteiger charge is -2.20. The fourth-order valence-electron chi connectivity index (χ4n) is 2.40. The summed E-state index contributed by atoms with van der Waals surface area (Å²) >= 11 is 0. The molecule has 1 unspecified atom stereocenters. The number of rotatable bonds is 5. The molecule has 2 heterocycles. The van der Waals surface area contributed by atoms with E-state index < -0.39 is 0 Å². The summed E-state index contributed by atoms with van der Waals surface area (Å²) in [7, 11) is 0. The summed E-state index contributed by atoms with van der Waals surface area (Å²) in [4.78, 5) is 0. The Labute approximate surface area is 119 Å². The second kappa shape index (κ2) is 6.39. The van der Waals surface area contributed by atoms with Crippen molar-refractivity contribution in [3.8, 4) is 5.69 Å². The van der Waals surface area contributed by atoms with Crippen molar-refractivity contribution in [1.82, 2.24) is 15.1 Å². The first-order valence-corrected chi connectivity index (χ1v) is 7.02. The quantitative estimate of drug-likeness (QED) is 0.907. The lowest BCUT2D eigenvalue weighted by Crippen LogP contribution is -2.29. The molecule has 3 rings (SSSR count). The first kappa shape index (κ1) is 12.9. The Morgan fingerprint density at radius 3 is 3.05 bits per heavy atom. The van der Waals surface area contributed by atoms with E-state index in [9.17, 15) is 0 Å². The molecule has 4 heteroatoms. The van der Waals surface area contributed by atoms with E-state index in [0.717, 1.165) is 31.6 Å². The predicted octanol–water partition coefficient (Wildman–Crippen LogP) is 2.65. The fraction of sp³-hybridized carbons (Fsp3) is 0.312. The molecular weight excluding hydrogens is 250 g/mol. The topological polar surface area (TPSA) is 39.1 Å². The zero-order chi connectivity index (χ0) is 13.6. The van der Waals surface area contributed by atoms with E-state index in [1.54, 1.807) is 6.20 Å². The molecule has 1 aromatic heterocycles. The highest BCUT2D eigenvalue weighted by molar-refractivity contribution is 5.40. The maximum Gasteiger partial charge on any atom is 0.110 e. The lowest BCUT2D eigenvalue weighted by atomic mass is 10.1. The summed E-state index contributed by atoms with van der Waals surface area (Å²) in [5.41, 5.74) is 2.36. The van der Waals surface area contributed by atoms with Crippen molar-refractivity contribution in [2.45, 2.75) is 25.5 Å². The van der Waals surface area contributed by atoms with E-state index in [1.807, 2.05) is 29.3 Å². The average Bonchev–Trinajstić information content (AvgIpc) is 3.03. The molecule has 0 spiro atoms. The van der Waals surface area contributed by atoms with Crippen LogP contribution >= 0.6 is 0 Å². The predicted molar refractivity (Wildman–Crippen MR) is 78.5 cm³/mol. The lowest BCUT2D eigenvalue weighted by molar-refractivity contribution is 0.122. The number of nitrogens with zero attached hydrogens (tertiary/aromatic N) is 2. The van der Waals surface area contributed by atoms with Crippen molar-refractivity contribution >= 4 is 0 Å². The highest BCUT2D eigenvalue weighted by Gasteiger charge is 2.10. The molecule has 0 fully saturated rings. The molecule has 0 saturated carbocycles. The minimum absolute atomic E-state index is 0.289. The van der Waals surface area contributed by atoms with Gasteiger partial charge in [-0.15, -0.1) is 0 Å². The molecule has 2 aromatic rings. The van der Waals surface area contributed by atoms with Crippen LogP contribution in [-0.2, 0) is 11.3 Å². The Kier molecular flexibility index (Phi) is 4.13. The van der Waals surface area contributed by atoms with Crippen LogP contribution in [0.2, 0.25) is 0 Å². The van der Waals surface area contributed by atoms with Gasteiger partial charge < -0.3 is 10.1 Å². The fourth-order valence-corrected chi connectivity index (χ4v) is 2.40. The third-order valence-electron chi connectivity index (χ3n) is 3.45. The van der Waals surface area contributed by atoms with Crippen LogP contribution in [0.3, 0.4) is 0 Å². The molecule has 1 aliphatic rings. The highest BCUT2D eigenvalue weighted by atomic mass is 16.5. The Bertz CT molecular complexity index is 563. The molecular formula is C16H19N3O. The van der Waals surface area contributed by atoms with E-state index in [-0.39, 0.29) is 6.10 Å². The van der Waals surface area contributed by atoms with Gasteiger partial charge in [0.05, 0.1) is 11.9 Å². The number of aromatic nitrogens is 2. The number of ether oxygens (including phenoxy) is 1. The largest absolute Gasteiger partial charge is 0.497 e. The maximum atomic E-state index is 5.56. The van der Waals surface area contributed by atoms with Crippen LogP contribution in [0.5, 0.6) is 0 Å². The van der Waals surface area contributed by atoms with Gasteiger partial charge in [-0.1, -0.05) is 18.2 Å².